The fourth-order valence-corrected chi connectivity index (χ4v) is 2.19. The Labute approximate surface area is 119 Å². The molecule has 0 N–H and O–H groups in total. The van der Waals surface area contributed by atoms with Crippen molar-refractivity contribution in [2.24, 2.45) is 0 Å². The van der Waals surface area contributed by atoms with Crippen LogP contribution in [0.2, 0.25) is 0 Å². The first-order valence-corrected chi connectivity index (χ1v) is 6.63. The molecule has 0 saturated carbocycles. The summed E-state index contributed by atoms with van der Waals surface area (Å²) < 4.78 is 11.0. The largest absolute Gasteiger partial charge is 0.451 e. The summed E-state index contributed by atoms with van der Waals surface area (Å²) in [5, 5.41) is 0. The monoisotopic (exact) mass is 273 g/mol. The van der Waals surface area contributed by atoms with Crippen molar-refractivity contribution < 1.29 is 14.3 Å². The summed E-state index contributed by atoms with van der Waals surface area (Å²) in [6, 6.07) is 0. The van der Waals surface area contributed by atoms with E-state index in [1.807, 2.05) is 6.08 Å². The van der Waals surface area contributed by atoms with Gasteiger partial charge >= 0.3 is 5.97 Å². The van der Waals surface area contributed by atoms with Crippen LogP contribution in [-0.4, -0.2) is 16.7 Å². The number of carbonyl (C=O) groups is 1. The molecule has 0 bridgehead atoms. The number of rotatable bonds is 5. The van der Waals surface area contributed by atoms with Gasteiger partial charge in [0.2, 0.25) is 5.79 Å². The maximum Gasteiger partial charge on any atom is 0.346 e. The first kappa shape index (κ1) is 14.3. The van der Waals surface area contributed by atoms with Crippen LogP contribution in [0.15, 0.2) is 31.5 Å². The van der Waals surface area contributed by atoms with E-state index in [-0.39, 0.29) is 0 Å². The van der Waals surface area contributed by atoms with Crippen LogP contribution in [0.1, 0.15) is 41.9 Å². The molecule has 2 rings (SSSR count). The molecule has 1 aromatic rings. The van der Waals surface area contributed by atoms with Crippen molar-refractivity contribution in [2.75, 3.05) is 0 Å². The Bertz CT molecular complexity index is 561. The third kappa shape index (κ3) is 2.74. The number of allylic oxidation sites excluding steroid dienone is 2. The standard InChI is InChI=1S/C16H19NO3/c1-5-7-9-13-11(8-6-2)14-12(10-17-13)15(18)20-16(3,4)19-14/h5-6,10H,1-2,7-9H2,3-4H3. The summed E-state index contributed by atoms with van der Waals surface area (Å²) in [4.78, 5) is 16.4. The van der Waals surface area contributed by atoms with E-state index >= 15 is 0 Å². The van der Waals surface area contributed by atoms with E-state index in [1.54, 1.807) is 19.9 Å². The van der Waals surface area contributed by atoms with E-state index in [2.05, 4.69) is 18.1 Å². The van der Waals surface area contributed by atoms with Crippen molar-refractivity contribution in [3.63, 3.8) is 0 Å². The molecule has 4 heteroatoms. The second-order valence-electron chi connectivity index (χ2n) is 5.14. The van der Waals surface area contributed by atoms with E-state index in [0.717, 1.165) is 24.1 Å². The number of hydrogen-bond donors (Lipinski definition) is 0. The van der Waals surface area contributed by atoms with Gasteiger partial charge in [0.1, 0.15) is 11.3 Å². The number of hydrogen-bond acceptors (Lipinski definition) is 4. The Morgan fingerprint density at radius 3 is 2.70 bits per heavy atom. The van der Waals surface area contributed by atoms with Crippen LogP contribution < -0.4 is 4.74 Å². The van der Waals surface area contributed by atoms with Crippen molar-refractivity contribution in [1.29, 1.82) is 0 Å². The van der Waals surface area contributed by atoms with Crippen molar-refractivity contribution in [3.8, 4) is 5.75 Å². The number of aromatic nitrogens is 1. The average molecular weight is 273 g/mol. The van der Waals surface area contributed by atoms with Gasteiger partial charge in [-0.2, -0.15) is 0 Å². The molecule has 0 atom stereocenters. The minimum Gasteiger partial charge on any atom is -0.451 e. The molecule has 0 radical (unpaired) electrons. The molecule has 0 saturated heterocycles. The van der Waals surface area contributed by atoms with E-state index in [4.69, 9.17) is 9.47 Å². The molecule has 1 aliphatic heterocycles. The van der Waals surface area contributed by atoms with Gasteiger partial charge < -0.3 is 9.47 Å². The molecular formula is C16H19NO3. The van der Waals surface area contributed by atoms with Crippen LogP contribution >= 0.6 is 0 Å². The van der Waals surface area contributed by atoms with Gasteiger partial charge in [-0.25, -0.2) is 4.79 Å². The maximum absolute atomic E-state index is 12.0. The summed E-state index contributed by atoms with van der Waals surface area (Å²) in [5.74, 6) is -0.790. The minimum atomic E-state index is -0.961. The molecule has 20 heavy (non-hydrogen) atoms. The molecule has 2 heterocycles. The number of nitrogens with zero attached hydrogens (tertiary/aromatic N) is 1. The summed E-state index contributed by atoms with van der Waals surface area (Å²) in [6.45, 7) is 10.9. The lowest BCUT2D eigenvalue weighted by atomic mass is 10.0. The molecule has 0 amide bonds. The minimum absolute atomic E-state index is 0.378. The molecule has 106 valence electrons. The smallest absolute Gasteiger partial charge is 0.346 e. The Balaban J connectivity index is 2.52. The fourth-order valence-electron chi connectivity index (χ4n) is 2.19. The lowest BCUT2D eigenvalue weighted by molar-refractivity contribution is -0.127. The van der Waals surface area contributed by atoms with E-state index in [1.165, 1.54) is 6.20 Å². The second-order valence-corrected chi connectivity index (χ2v) is 5.14. The van der Waals surface area contributed by atoms with Crippen LogP contribution in [0.3, 0.4) is 0 Å². The lowest BCUT2D eigenvalue weighted by Gasteiger charge is -2.33. The third-order valence-corrected chi connectivity index (χ3v) is 3.06. The number of pyridine rings is 1. The second kappa shape index (κ2) is 5.49. The zero-order chi connectivity index (χ0) is 14.8. The number of fused-ring (bicyclic) bond motifs is 1. The number of carbonyl (C=O) groups excluding carboxylic acids is 1. The summed E-state index contributed by atoms with van der Waals surface area (Å²) in [5.41, 5.74) is 2.20. The predicted octanol–water partition coefficient (Wildman–Crippen LogP) is 3.21. The van der Waals surface area contributed by atoms with Gasteiger partial charge in [0.15, 0.2) is 0 Å². The molecular weight excluding hydrogens is 254 g/mol. The van der Waals surface area contributed by atoms with Crippen molar-refractivity contribution in [1.82, 2.24) is 4.98 Å². The summed E-state index contributed by atoms with van der Waals surface area (Å²) in [6.07, 6.45) is 7.34. The van der Waals surface area contributed by atoms with Crippen molar-refractivity contribution >= 4 is 5.97 Å². The van der Waals surface area contributed by atoms with Crippen LogP contribution in [0.4, 0.5) is 0 Å². The average Bonchev–Trinajstić information content (AvgIpc) is 2.37. The number of ether oxygens (including phenoxy) is 2. The molecule has 0 aromatic carbocycles. The molecule has 0 fully saturated rings. The highest BCUT2D eigenvalue weighted by Crippen LogP contribution is 2.35. The zero-order valence-electron chi connectivity index (χ0n) is 11.9. The summed E-state index contributed by atoms with van der Waals surface area (Å²) >= 11 is 0. The van der Waals surface area contributed by atoms with Crippen molar-refractivity contribution in [2.45, 2.75) is 38.9 Å². The molecule has 1 aromatic heterocycles. The molecule has 0 aliphatic carbocycles. The molecule has 0 spiro atoms. The topological polar surface area (TPSA) is 48.4 Å². The highest BCUT2D eigenvalue weighted by Gasteiger charge is 2.36. The SMILES string of the molecule is C=CCCc1ncc2c(c1CC=C)OC(C)(C)OC2=O. The number of cyclic esters (lactones) is 1. The van der Waals surface area contributed by atoms with Crippen LogP contribution in [0, 0.1) is 0 Å². The van der Waals surface area contributed by atoms with E-state index in [0.29, 0.717) is 17.7 Å². The fraction of sp³-hybridized carbons (Fsp3) is 0.375. The number of esters is 1. The lowest BCUT2D eigenvalue weighted by Crippen LogP contribution is -2.39. The Hall–Kier alpha value is -2.10. The highest BCUT2D eigenvalue weighted by molar-refractivity contribution is 5.94. The van der Waals surface area contributed by atoms with Crippen LogP contribution in [0.25, 0.3) is 0 Å². The molecule has 0 unspecified atom stereocenters. The molecule has 4 nitrogen and oxygen atoms in total. The van der Waals surface area contributed by atoms with Gasteiger partial charge in [0.25, 0.3) is 0 Å². The van der Waals surface area contributed by atoms with Gasteiger partial charge in [-0.15, -0.1) is 13.2 Å². The maximum atomic E-state index is 12.0. The Morgan fingerprint density at radius 1 is 1.30 bits per heavy atom. The zero-order valence-corrected chi connectivity index (χ0v) is 11.9. The Morgan fingerprint density at radius 2 is 2.05 bits per heavy atom. The first-order chi connectivity index (χ1) is 9.48. The summed E-state index contributed by atoms with van der Waals surface area (Å²) in [7, 11) is 0. The van der Waals surface area contributed by atoms with Gasteiger partial charge in [-0.05, 0) is 19.3 Å². The highest BCUT2D eigenvalue weighted by atomic mass is 16.7. The third-order valence-electron chi connectivity index (χ3n) is 3.06. The van der Waals surface area contributed by atoms with Gasteiger partial charge in [0.05, 0.1) is 0 Å². The quantitative estimate of drug-likeness (QED) is 0.610. The van der Waals surface area contributed by atoms with Crippen LogP contribution in [-0.2, 0) is 17.6 Å². The first-order valence-electron chi connectivity index (χ1n) is 6.63. The normalized spacial score (nSPS) is 15.8. The van der Waals surface area contributed by atoms with Crippen molar-refractivity contribution in [3.05, 3.63) is 48.3 Å². The van der Waals surface area contributed by atoms with Gasteiger partial charge in [-0.3, -0.25) is 4.98 Å². The Kier molecular flexibility index (Phi) is 3.93. The van der Waals surface area contributed by atoms with Crippen LogP contribution in [0.5, 0.6) is 5.75 Å². The molecule has 1 aliphatic rings. The van der Waals surface area contributed by atoms with E-state index in [9.17, 15) is 4.79 Å². The predicted molar refractivity (Wildman–Crippen MR) is 76.8 cm³/mol. The van der Waals surface area contributed by atoms with E-state index < -0.39 is 11.8 Å². The van der Waals surface area contributed by atoms with Gasteiger partial charge in [-0.1, -0.05) is 12.2 Å². The number of aryl methyl sites for hydroxylation is 1. The van der Waals surface area contributed by atoms with Gasteiger partial charge in [0, 0.05) is 31.3 Å².